The van der Waals surface area contributed by atoms with Crippen LogP contribution in [0.3, 0.4) is 0 Å². The first kappa shape index (κ1) is 15.3. The number of fused-ring (bicyclic) bond motifs is 1. The van der Waals surface area contributed by atoms with Crippen LogP contribution in [0.25, 0.3) is 0 Å². The van der Waals surface area contributed by atoms with Crippen molar-refractivity contribution < 1.29 is 9.59 Å². The molecular formula is C19H20N2O2. The van der Waals surface area contributed by atoms with Gasteiger partial charge in [-0.15, -0.1) is 0 Å². The fourth-order valence-electron chi connectivity index (χ4n) is 3.01. The lowest BCUT2D eigenvalue weighted by Crippen LogP contribution is -2.35. The molecule has 118 valence electrons. The number of hydrogen-bond donors (Lipinski definition) is 1. The van der Waals surface area contributed by atoms with Crippen molar-refractivity contribution >= 4 is 17.5 Å². The molecule has 4 heteroatoms. The lowest BCUT2D eigenvalue weighted by atomic mass is 10.1. The van der Waals surface area contributed by atoms with Crippen molar-refractivity contribution in [2.75, 3.05) is 4.90 Å². The van der Waals surface area contributed by atoms with Crippen LogP contribution in [0, 0.1) is 0 Å². The molecule has 0 fully saturated rings. The summed E-state index contributed by atoms with van der Waals surface area (Å²) in [5, 5.41) is 2.75. The quantitative estimate of drug-likeness (QED) is 0.948. The molecule has 4 nitrogen and oxygen atoms in total. The second-order valence-corrected chi connectivity index (χ2v) is 5.96. The van der Waals surface area contributed by atoms with E-state index in [1.165, 1.54) is 12.5 Å². The molecule has 1 heterocycles. The molecule has 2 aromatic carbocycles. The number of nitrogens with one attached hydrogen (secondary N) is 1. The van der Waals surface area contributed by atoms with Crippen LogP contribution in [0.4, 0.5) is 5.69 Å². The molecule has 0 saturated heterocycles. The average molecular weight is 308 g/mol. The van der Waals surface area contributed by atoms with E-state index in [0.29, 0.717) is 12.1 Å². The minimum absolute atomic E-state index is 0.0218. The number of anilines is 1. The minimum atomic E-state index is -0.0624. The fourth-order valence-corrected chi connectivity index (χ4v) is 3.01. The first-order chi connectivity index (χ1) is 11.1. The number of carbonyl (C=O) groups excluding carboxylic acids is 2. The highest BCUT2D eigenvalue weighted by Gasteiger charge is 2.30. The van der Waals surface area contributed by atoms with E-state index in [9.17, 15) is 9.59 Å². The number of para-hydroxylation sites is 1. The summed E-state index contributed by atoms with van der Waals surface area (Å²) in [7, 11) is 0. The van der Waals surface area contributed by atoms with E-state index < -0.39 is 0 Å². The average Bonchev–Trinajstić information content (AvgIpc) is 2.88. The summed E-state index contributed by atoms with van der Waals surface area (Å²) in [5.41, 5.74) is 3.87. The first-order valence-electron chi connectivity index (χ1n) is 7.81. The van der Waals surface area contributed by atoms with Crippen LogP contribution in [0.1, 0.15) is 35.3 Å². The number of carbonyl (C=O) groups is 2. The van der Waals surface area contributed by atoms with Gasteiger partial charge in [0.15, 0.2) is 0 Å². The second kappa shape index (κ2) is 6.24. The third-order valence-electron chi connectivity index (χ3n) is 4.17. The largest absolute Gasteiger partial charge is 0.352 e. The maximum atomic E-state index is 12.9. The highest BCUT2D eigenvalue weighted by Crippen LogP contribution is 2.33. The van der Waals surface area contributed by atoms with Gasteiger partial charge in [0, 0.05) is 30.8 Å². The van der Waals surface area contributed by atoms with Crippen molar-refractivity contribution in [3.8, 4) is 0 Å². The van der Waals surface area contributed by atoms with E-state index in [2.05, 4.69) is 18.3 Å². The van der Waals surface area contributed by atoms with Crippen LogP contribution in [-0.4, -0.2) is 17.9 Å². The standard InChI is InChI=1S/C19H20N2O2/c1-13-11-17-5-3-4-6-18(17)21(13)19(23)16-9-7-15(8-10-16)12-20-14(2)22/h3-10,13H,11-12H2,1-2H3,(H,20,22). The molecule has 1 atom stereocenters. The van der Waals surface area contributed by atoms with Crippen molar-refractivity contribution in [3.05, 3.63) is 65.2 Å². The topological polar surface area (TPSA) is 49.4 Å². The van der Waals surface area contributed by atoms with E-state index in [4.69, 9.17) is 0 Å². The molecule has 3 rings (SSSR count). The molecule has 1 N–H and O–H groups in total. The van der Waals surface area contributed by atoms with Gasteiger partial charge in [0.05, 0.1) is 0 Å². The predicted molar refractivity (Wildman–Crippen MR) is 90.4 cm³/mol. The molecule has 1 unspecified atom stereocenters. The Kier molecular flexibility index (Phi) is 4.15. The third kappa shape index (κ3) is 3.11. The highest BCUT2D eigenvalue weighted by molar-refractivity contribution is 6.07. The van der Waals surface area contributed by atoms with Gasteiger partial charge in [0.1, 0.15) is 0 Å². The smallest absolute Gasteiger partial charge is 0.258 e. The number of benzene rings is 2. The van der Waals surface area contributed by atoms with E-state index >= 15 is 0 Å². The van der Waals surface area contributed by atoms with E-state index in [-0.39, 0.29) is 17.9 Å². The highest BCUT2D eigenvalue weighted by atomic mass is 16.2. The summed E-state index contributed by atoms with van der Waals surface area (Å²) < 4.78 is 0. The van der Waals surface area contributed by atoms with Crippen LogP contribution in [0.2, 0.25) is 0 Å². The van der Waals surface area contributed by atoms with E-state index in [1.807, 2.05) is 47.4 Å². The van der Waals surface area contributed by atoms with Crippen molar-refractivity contribution in [2.45, 2.75) is 32.9 Å². The lowest BCUT2D eigenvalue weighted by Gasteiger charge is -2.23. The summed E-state index contributed by atoms with van der Waals surface area (Å²) in [5.74, 6) is -0.0406. The van der Waals surface area contributed by atoms with E-state index in [0.717, 1.165) is 17.7 Å². The molecule has 0 aliphatic carbocycles. The Morgan fingerprint density at radius 1 is 1.13 bits per heavy atom. The zero-order chi connectivity index (χ0) is 16.4. The summed E-state index contributed by atoms with van der Waals surface area (Å²) >= 11 is 0. The van der Waals surface area contributed by atoms with Gasteiger partial charge >= 0.3 is 0 Å². The Morgan fingerprint density at radius 2 is 1.83 bits per heavy atom. The minimum Gasteiger partial charge on any atom is -0.352 e. The Labute approximate surface area is 136 Å². The Bertz CT molecular complexity index is 737. The van der Waals surface area contributed by atoms with Crippen LogP contribution in [-0.2, 0) is 17.8 Å². The Balaban J connectivity index is 1.79. The summed E-state index contributed by atoms with van der Waals surface area (Å²) in [6, 6.07) is 15.6. The number of hydrogen-bond acceptors (Lipinski definition) is 2. The van der Waals surface area contributed by atoms with Gasteiger partial charge in [-0.2, -0.15) is 0 Å². The summed E-state index contributed by atoms with van der Waals surface area (Å²) in [6.45, 7) is 4.04. The molecule has 0 saturated carbocycles. The van der Waals surface area contributed by atoms with E-state index in [1.54, 1.807) is 0 Å². The summed E-state index contributed by atoms with van der Waals surface area (Å²) in [4.78, 5) is 25.7. The molecule has 0 aromatic heterocycles. The van der Waals surface area contributed by atoms with Gasteiger partial charge in [-0.05, 0) is 42.7 Å². The molecule has 2 aromatic rings. The van der Waals surface area contributed by atoms with Crippen LogP contribution >= 0.6 is 0 Å². The zero-order valence-electron chi connectivity index (χ0n) is 13.4. The second-order valence-electron chi connectivity index (χ2n) is 5.96. The van der Waals surface area contributed by atoms with Gasteiger partial charge in [-0.1, -0.05) is 30.3 Å². The number of rotatable bonds is 3. The number of amides is 2. The Morgan fingerprint density at radius 3 is 2.52 bits per heavy atom. The zero-order valence-corrected chi connectivity index (χ0v) is 13.4. The van der Waals surface area contributed by atoms with Crippen molar-refractivity contribution in [1.29, 1.82) is 0 Å². The van der Waals surface area contributed by atoms with Crippen molar-refractivity contribution in [3.63, 3.8) is 0 Å². The van der Waals surface area contributed by atoms with Gasteiger partial charge < -0.3 is 10.2 Å². The molecule has 0 spiro atoms. The normalized spacial score (nSPS) is 16.1. The number of nitrogens with zero attached hydrogens (tertiary/aromatic N) is 1. The van der Waals surface area contributed by atoms with Gasteiger partial charge in [-0.3, -0.25) is 9.59 Å². The first-order valence-corrected chi connectivity index (χ1v) is 7.81. The third-order valence-corrected chi connectivity index (χ3v) is 4.17. The van der Waals surface area contributed by atoms with Gasteiger partial charge in [0.2, 0.25) is 5.91 Å². The summed E-state index contributed by atoms with van der Waals surface area (Å²) in [6.07, 6.45) is 0.891. The van der Waals surface area contributed by atoms with Crippen molar-refractivity contribution in [2.24, 2.45) is 0 Å². The van der Waals surface area contributed by atoms with Crippen LogP contribution in [0.5, 0.6) is 0 Å². The maximum absolute atomic E-state index is 12.9. The Hall–Kier alpha value is -2.62. The molecule has 1 aliphatic heterocycles. The molecule has 23 heavy (non-hydrogen) atoms. The molecule has 1 aliphatic rings. The van der Waals surface area contributed by atoms with Crippen LogP contribution < -0.4 is 10.2 Å². The maximum Gasteiger partial charge on any atom is 0.258 e. The fraction of sp³-hybridized carbons (Fsp3) is 0.263. The molecule has 0 radical (unpaired) electrons. The lowest BCUT2D eigenvalue weighted by molar-refractivity contribution is -0.119. The molecule has 0 bridgehead atoms. The molecule has 2 amide bonds. The predicted octanol–water partition coefficient (Wildman–Crippen LogP) is 2.91. The SMILES string of the molecule is CC(=O)NCc1ccc(C(=O)N2c3ccccc3CC2C)cc1. The van der Waals surface area contributed by atoms with Gasteiger partial charge in [-0.25, -0.2) is 0 Å². The molecular weight excluding hydrogens is 288 g/mol. The monoisotopic (exact) mass is 308 g/mol. The van der Waals surface area contributed by atoms with Crippen molar-refractivity contribution in [1.82, 2.24) is 5.32 Å². The van der Waals surface area contributed by atoms with Crippen LogP contribution in [0.15, 0.2) is 48.5 Å². The van der Waals surface area contributed by atoms with Gasteiger partial charge in [0.25, 0.3) is 5.91 Å².